The molecule has 1 saturated heterocycles. The van der Waals surface area contributed by atoms with Crippen LogP contribution in [0.3, 0.4) is 0 Å². The van der Waals surface area contributed by atoms with Crippen LogP contribution < -0.4 is 10.6 Å². The molecule has 0 spiro atoms. The van der Waals surface area contributed by atoms with Crippen molar-refractivity contribution in [3.05, 3.63) is 70.9 Å². The maximum absolute atomic E-state index is 14.4. The van der Waals surface area contributed by atoms with E-state index in [0.29, 0.717) is 11.4 Å². The second kappa shape index (κ2) is 8.41. The van der Waals surface area contributed by atoms with E-state index in [1.807, 2.05) is 12.1 Å². The summed E-state index contributed by atoms with van der Waals surface area (Å²) in [5, 5.41) is 5.87. The molecule has 0 bridgehead atoms. The van der Waals surface area contributed by atoms with Crippen LogP contribution in [0.25, 0.3) is 11.4 Å². The van der Waals surface area contributed by atoms with E-state index in [0.717, 1.165) is 31.8 Å². The van der Waals surface area contributed by atoms with E-state index in [4.69, 9.17) is 0 Å². The van der Waals surface area contributed by atoms with Gasteiger partial charge in [-0.1, -0.05) is 18.2 Å². The molecule has 0 saturated carbocycles. The van der Waals surface area contributed by atoms with E-state index >= 15 is 0 Å². The van der Waals surface area contributed by atoms with Crippen LogP contribution in [0.5, 0.6) is 0 Å². The number of amides is 1. The normalized spacial score (nSPS) is 20.8. The summed E-state index contributed by atoms with van der Waals surface area (Å²) in [7, 11) is 4.25. The van der Waals surface area contributed by atoms with Gasteiger partial charge in [-0.2, -0.15) is 0 Å². The van der Waals surface area contributed by atoms with Crippen molar-refractivity contribution < 1.29 is 13.6 Å². The number of aromatic nitrogens is 2. The van der Waals surface area contributed by atoms with Crippen molar-refractivity contribution in [2.75, 3.05) is 39.0 Å². The van der Waals surface area contributed by atoms with Crippen LogP contribution in [-0.2, 0) is 12.1 Å². The number of halogens is 2. The van der Waals surface area contributed by atoms with Crippen LogP contribution >= 0.6 is 0 Å². The zero-order chi connectivity index (χ0) is 24.0. The number of fused-ring (bicyclic) bond motifs is 1. The number of piperazine rings is 1. The molecule has 0 aliphatic carbocycles. The molecule has 176 valence electrons. The topological polar surface area (TPSA) is 73.4 Å². The smallest absolute Gasteiger partial charge is 0.257 e. The maximum Gasteiger partial charge on any atom is 0.257 e. The fraction of sp³-hybridized carbons (Fsp3) is 0.320. The van der Waals surface area contributed by atoms with Gasteiger partial charge in [0.2, 0.25) is 0 Å². The Hall–Kier alpha value is -3.43. The molecule has 3 aromatic rings. The molecule has 5 rings (SSSR count). The molecule has 9 heteroatoms. The first-order valence-electron chi connectivity index (χ1n) is 11.2. The highest BCUT2D eigenvalue weighted by Crippen LogP contribution is 2.33. The number of hydrogen-bond acceptors (Lipinski definition) is 6. The van der Waals surface area contributed by atoms with Gasteiger partial charge in [0.15, 0.2) is 5.82 Å². The van der Waals surface area contributed by atoms with Crippen molar-refractivity contribution in [3.63, 3.8) is 0 Å². The Bertz CT molecular complexity index is 1240. The van der Waals surface area contributed by atoms with Crippen LogP contribution in [-0.4, -0.2) is 59.4 Å². The standard InChI is InChI=1S/C25H26F2N6O/c1-25(14-32(2)11-12-33(25)3)15-7-9-16(10-8-15)29-23-21-19(13-28-24(21)34)30-22(31-23)20-17(26)5-4-6-18(20)27/h4-10H,11-14H2,1-3H3,(H,28,34)(H,29,30,31). The summed E-state index contributed by atoms with van der Waals surface area (Å²) in [5.74, 6) is -1.74. The van der Waals surface area contributed by atoms with Crippen molar-refractivity contribution in [2.24, 2.45) is 0 Å². The van der Waals surface area contributed by atoms with E-state index in [2.05, 4.69) is 63.6 Å². The number of likely N-dealkylation sites (N-methyl/N-ethyl adjacent to an activating group) is 2. The van der Waals surface area contributed by atoms with Crippen LogP contribution in [0, 0.1) is 11.6 Å². The Morgan fingerprint density at radius 1 is 1.00 bits per heavy atom. The molecule has 1 atom stereocenters. The maximum atomic E-state index is 14.4. The minimum atomic E-state index is -0.762. The SMILES string of the molecule is CN1CCN(C)C(C)(c2ccc(Nc3nc(-c4c(F)cccc4F)nc4c3C(=O)NC4)cc2)C1. The third-order valence-electron chi connectivity index (χ3n) is 6.82. The van der Waals surface area contributed by atoms with Crippen molar-refractivity contribution >= 4 is 17.4 Å². The van der Waals surface area contributed by atoms with Crippen LogP contribution in [0.2, 0.25) is 0 Å². The van der Waals surface area contributed by atoms with Gasteiger partial charge in [-0.25, -0.2) is 18.7 Å². The fourth-order valence-electron chi connectivity index (χ4n) is 4.69. The van der Waals surface area contributed by atoms with Crippen molar-refractivity contribution in [2.45, 2.75) is 19.0 Å². The molecule has 2 aliphatic heterocycles. The molecule has 7 nitrogen and oxygen atoms in total. The second-order valence-electron chi connectivity index (χ2n) is 9.13. The predicted molar refractivity (Wildman–Crippen MR) is 126 cm³/mol. The number of carbonyl (C=O) groups is 1. The Morgan fingerprint density at radius 3 is 2.41 bits per heavy atom. The number of anilines is 2. The summed E-state index contributed by atoms with van der Waals surface area (Å²) >= 11 is 0. The first kappa shape index (κ1) is 22.4. The van der Waals surface area contributed by atoms with Gasteiger partial charge in [0, 0.05) is 25.3 Å². The molecule has 2 aromatic carbocycles. The molecule has 2 aliphatic rings. The van der Waals surface area contributed by atoms with E-state index in [9.17, 15) is 13.6 Å². The number of nitrogens with one attached hydrogen (secondary N) is 2. The molecule has 34 heavy (non-hydrogen) atoms. The van der Waals surface area contributed by atoms with E-state index in [1.54, 1.807) is 0 Å². The summed E-state index contributed by atoms with van der Waals surface area (Å²) in [6.45, 7) is 5.31. The van der Waals surface area contributed by atoms with Gasteiger partial charge >= 0.3 is 0 Å². The average molecular weight is 465 g/mol. The van der Waals surface area contributed by atoms with Gasteiger partial charge in [-0.3, -0.25) is 9.69 Å². The number of benzene rings is 2. The minimum Gasteiger partial charge on any atom is -0.346 e. The van der Waals surface area contributed by atoms with Gasteiger partial charge < -0.3 is 15.5 Å². The van der Waals surface area contributed by atoms with E-state index in [1.165, 1.54) is 11.6 Å². The highest BCUT2D eigenvalue weighted by atomic mass is 19.1. The second-order valence-corrected chi connectivity index (χ2v) is 9.13. The third kappa shape index (κ3) is 3.80. The molecular weight excluding hydrogens is 438 g/mol. The summed E-state index contributed by atoms with van der Waals surface area (Å²) < 4.78 is 28.8. The molecule has 3 heterocycles. The summed E-state index contributed by atoms with van der Waals surface area (Å²) in [5.41, 5.74) is 2.12. The number of rotatable bonds is 4. The molecule has 1 amide bonds. The Morgan fingerprint density at radius 2 is 1.71 bits per heavy atom. The van der Waals surface area contributed by atoms with Crippen LogP contribution in [0.15, 0.2) is 42.5 Å². The van der Waals surface area contributed by atoms with Gasteiger partial charge in [0.25, 0.3) is 5.91 Å². The highest BCUT2D eigenvalue weighted by molar-refractivity contribution is 6.03. The fourth-order valence-corrected chi connectivity index (χ4v) is 4.69. The van der Waals surface area contributed by atoms with Gasteiger partial charge in [0.1, 0.15) is 23.0 Å². The molecule has 1 fully saturated rings. The number of nitrogens with zero attached hydrogens (tertiary/aromatic N) is 4. The van der Waals surface area contributed by atoms with Crippen LogP contribution in [0.4, 0.5) is 20.3 Å². The van der Waals surface area contributed by atoms with Gasteiger partial charge in [-0.15, -0.1) is 0 Å². The summed E-state index contributed by atoms with van der Waals surface area (Å²) in [6, 6.07) is 11.6. The molecule has 0 radical (unpaired) electrons. The lowest BCUT2D eigenvalue weighted by atomic mass is 9.88. The predicted octanol–water partition coefficient (Wildman–Crippen LogP) is 3.50. The zero-order valence-corrected chi connectivity index (χ0v) is 19.3. The summed E-state index contributed by atoms with van der Waals surface area (Å²) in [6.07, 6.45) is 0. The number of carbonyl (C=O) groups excluding carboxylic acids is 1. The van der Waals surface area contributed by atoms with Crippen molar-refractivity contribution in [1.82, 2.24) is 25.1 Å². The van der Waals surface area contributed by atoms with Gasteiger partial charge in [0.05, 0.1) is 23.3 Å². The quantitative estimate of drug-likeness (QED) is 0.616. The monoisotopic (exact) mass is 464 g/mol. The highest BCUT2D eigenvalue weighted by Gasteiger charge is 2.36. The lowest BCUT2D eigenvalue weighted by Crippen LogP contribution is -2.56. The first-order valence-corrected chi connectivity index (χ1v) is 11.2. The molecular formula is C25H26F2N6O. The minimum absolute atomic E-state index is 0.107. The molecule has 2 N–H and O–H groups in total. The molecule has 1 aromatic heterocycles. The Labute approximate surface area is 196 Å². The third-order valence-corrected chi connectivity index (χ3v) is 6.82. The molecule has 1 unspecified atom stereocenters. The first-order chi connectivity index (χ1) is 16.3. The van der Waals surface area contributed by atoms with E-state index < -0.39 is 11.6 Å². The lowest BCUT2D eigenvalue weighted by Gasteiger charge is -2.46. The van der Waals surface area contributed by atoms with Crippen molar-refractivity contribution in [3.8, 4) is 11.4 Å². The average Bonchev–Trinajstić information content (AvgIpc) is 3.18. The lowest BCUT2D eigenvalue weighted by molar-refractivity contribution is 0.0380. The summed E-state index contributed by atoms with van der Waals surface area (Å²) in [4.78, 5) is 25.7. The van der Waals surface area contributed by atoms with Crippen LogP contribution in [0.1, 0.15) is 28.5 Å². The number of hydrogen-bond donors (Lipinski definition) is 2. The van der Waals surface area contributed by atoms with E-state index in [-0.39, 0.29) is 40.8 Å². The van der Waals surface area contributed by atoms with Crippen molar-refractivity contribution in [1.29, 1.82) is 0 Å². The largest absolute Gasteiger partial charge is 0.346 e. The Kier molecular flexibility index (Phi) is 5.53. The van der Waals surface area contributed by atoms with Gasteiger partial charge in [-0.05, 0) is 50.8 Å². The zero-order valence-electron chi connectivity index (χ0n) is 19.3. The Balaban J connectivity index is 1.50.